The fourth-order valence-corrected chi connectivity index (χ4v) is 3.96. The van der Waals surface area contributed by atoms with Crippen LogP contribution in [0.1, 0.15) is 52.5 Å². The van der Waals surface area contributed by atoms with E-state index in [4.69, 9.17) is 11.6 Å². The average Bonchev–Trinajstić information content (AvgIpc) is 3.22. The van der Waals surface area contributed by atoms with E-state index < -0.39 is 5.95 Å². The molecule has 1 atom stereocenters. The van der Waals surface area contributed by atoms with Crippen molar-refractivity contribution in [1.82, 2.24) is 14.7 Å². The van der Waals surface area contributed by atoms with Crippen molar-refractivity contribution in [3.05, 3.63) is 51.6 Å². The van der Waals surface area contributed by atoms with Gasteiger partial charge in [-0.15, -0.1) is 0 Å². The van der Waals surface area contributed by atoms with Crippen molar-refractivity contribution in [3.63, 3.8) is 0 Å². The van der Waals surface area contributed by atoms with E-state index in [9.17, 15) is 9.18 Å². The minimum atomic E-state index is -0.558. The number of aromatic nitrogens is 2. The van der Waals surface area contributed by atoms with Crippen molar-refractivity contribution in [2.75, 3.05) is 0 Å². The second kappa shape index (κ2) is 5.59. The summed E-state index contributed by atoms with van der Waals surface area (Å²) in [6.07, 6.45) is 3.71. The Labute approximate surface area is 145 Å². The normalized spacial score (nSPS) is 19.4. The van der Waals surface area contributed by atoms with Crippen LogP contribution in [0.4, 0.5) is 4.39 Å². The van der Waals surface area contributed by atoms with Gasteiger partial charge in [0.2, 0.25) is 5.95 Å². The van der Waals surface area contributed by atoms with Gasteiger partial charge in [0.15, 0.2) is 0 Å². The molecule has 1 unspecified atom stereocenters. The average molecular weight is 348 g/mol. The summed E-state index contributed by atoms with van der Waals surface area (Å²) in [5, 5.41) is 4.77. The molecule has 126 valence electrons. The van der Waals surface area contributed by atoms with Crippen LogP contribution < -0.4 is 0 Å². The molecule has 1 aromatic carbocycles. The molecule has 6 heteroatoms. The molecule has 2 aliphatic carbocycles. The largest absolute Gasteiger partial charge is 0.328 e. The number of hydrogen-bond acceptors (Lipinski definition) is 2. The summed E-state index contributed by atoms with van der Waals surface area (Å²) in [6, 6.07) is 6.04. The maximum Gasteiger partial charge on any atom is 0.261 e. The van der Waals surface area contributed by atoms with E-state index >= 15 is 0 Å². The van der Waals surface area contributed by atoms with Crippen LogP contribution in [-0.2, 0) is 13.5 Å². The number of fused-ring (bicyclic) bond motifs is 1. The number of benzene rings is 1. The van der Waals surface area contributed by atoms with E-state index in [1.165, 1.54) is 12.6 Å². The van der Waals surface area contributed by atoms with Crippen LogP contribution in [0.25, 0.3) is 0 Å². The van der Waals surface area contributed by atoms with Gasteiger partial charge >= 0.3 is 0 Å². The summed E-state index contributed by atoms with van der Waals surface area (Å²) >= 11 is 6.09. The van der Waals surface area contributed by atoms with Gasteiger partial charge in [-0.1, -0.05) is 17.7 Å². The van der Waals surface area contributed by atoms with Crippen molar-refractivity contribution in [1.29, 1.82) is 0 Å². The van der Waals surface area contributed by atoms with Crippen molar-refractivity contribution >= 4 is 17.5 Å². The summed E-state index contributed by atoms with van der Waals surface area (Å²) in [5.41, 5.74) is 2.88. The Morgan fingerprint density at radius 3 is 2.75 bits per heavy atom. The van der Waals surface area contributed by atoms with Crippen LogP contribution in [0.5, 0.6) is 0 Å². The lowest BCUT2D eigenvalue weighted by Gasteiger charge is -2.30. The standard InChI is InChI=1S/C18H19ClFN3O/c1-10-16(17(20)22(2)21-10)18(24)23(13-5-6-13)15-8-3-11-9-12(19)4-7-14(11)15/h4,7,9,13,15H,3,5-6,8H2,1-2H3. The molecule has 0 radical (unpaired) electrons. The van der Waals surface area contributed by atoms with Crippen LogP contribution in [0.2, 0.25) is 5.02 Å². The predicted octanol–water partition coefficient (Wildman–Crippen LogP) is 3.81. The van der Waals surface area contributed by atoms with Crippen LogP contribution in [0.15, 0.2) is 18.2 Å². The molecule has 0 saturated heterocycles. The summed E-state index contributed by atoms with van der Waals surface area (Å²) in [5.74, 6) is -0.800. The molecule has 0 N–H and O–H groups in total. The van der Waals surface area contributed by atoms with Gasteiger partial charge in [-0.25, -0.2) is 4.68 Å². The Bertz CT molecular complexity index is 828. The van der Waals surface area contributed by atoms with Gasteiger partial charge in [-0.05, 0) is 55.9 Å². The third-order valence-corrected chi connectivity index (χ3v) is 5.26. The van der Waals surface area contributed by atoms with Gasteiger partial charge in [-0.3, -0.25) is 4.79 Å². The van der Waals surface area contributed by atoms with Gasteiger partial charge in [0.05, 0.1) is 11.7 Å². The van der Waals surface area contributed by atoms with Crippen molar-refractivity contribution in [3.8, 4) is 0 Å². The first-order valence-corrected chi connectivity index (χ1v) is 8.65. The highest BCUT2D eigenvalue weighted by molar-refractivity contribution is 6.30. The van der Waals surface area contributed by atoms with Gasteiger partial charge in [0, 0.05) is 18.1 Å². The SMILES string of the molecule is Cc1nn(C)c(F)c1C(=O)N(C1CC1)C1CCc2cc(Cl)ccc21. The lowest BCUT2D eigenvalue weighted by atomic mass is 10.1. The molecule has 4 rings (SSSR count). The lowest BCUT2D eigenvalue weighted by Crippen LogP contribution is -2.36. The molecule has 1 saturated carbocycles. The third-order valence-electron chi connectivity index (χ3n) is 5.03. The van der Waals surface area contributed by atoms with E-state index in [0.717, 1.165) is 35.9 Å². The Balaban J connectivity index is 1.73. The minimum Gasteiger partial charge on any atom is -0.328 e. The molecule has 0 spiro atoms. The molecule has 1 heterocycles. The van der Waals surface area contributed by atoms with Crippen molar-refractivity contribution in [2.45, 2.75) is 44.7 Å². The van der Waals surface area contributed by atoms with Crippen LogP contribution >= 0.6 is 11.6 Å². The molecular weight excluding hydrogens is 329 g/mol. The van der Waals surface area contributed by atoms with Crippen LogP contribution in [-0.4, -0.2) is 26.6 Å². The molecule has 2 aromatic rings. The second-order valence-electron chi connectivity index (χ2n) is 6.72. The molecular formula is C18H19ClFN3O. The van der Waals surface area contributed by atoms with Crippen molar-refractivity contribution in [2.24, 2.45) is 7.05 Å². The Kier molecular flexibility index (Phi) is 3.64. The van der Waals surface area contributed by atoms with Gasteiger partial charge in [-0.2, -0.15) is 9.49 Å². The molecule has 24 heavy (non-hydrogen) atoms. The number of rotatable bonds is 3. The Morgan fingerprint density at radius 1 is 1.38 bits per heavy atom. The van der Waals surface area contributed by atoms with Crippen LogP contribution in [0.3, 0.4) is 0 Å². The summed E-state index contributed by atoms with van der Waals surface area (Å²) in [7, 11) is 1.52. The first-order chi connectivity index (χ1) is 11.5. The zero-order chi connectivity index (χ0) is 17.0. The zero-order valence-electron chi connectivity index (χ0n) is 13.7. The first-order valence-electron chi connectivity index (χ1n) is 8.27. The highest BCUT2D eigenvalue weighted by Crippen LogP contribution is 2.43. The smallest absolute Gasteiger partial charge is 0.261 e. The summed E-state index contributed by atoms with van der Waals surface area (Å²) in [6.45, 7) is 1.68. The number of carbonyl (C=O) groups excluding carboxylic acids is 1. The zero-order valence-corrected chi connectivity index (χ0v) is 14.5. The summed E-state index contributed by atoms with van der Waals surface area (Å²) in [4.78, 5) is 15.0. The fourth-order valence-electron chi connectivity index (χ4n) is 3.77. The molecule has 0 bridgehead atoms. The number of halogens is 2. The van der Waals surface area contributed by atoms with Crippen LogP contribution in [0, 0.1) is 12.9 Å². The molecule has 2 aliphatic rings. The number of carbonyl (C=O) groups is 1. The second-order valence-corrected chi connectivity index (χ2v) is 7.15. The Morgan fingerprint density at radius 2 is 2.12 bits per heavy atom. The lowest BCUT2D eigenvalue weighted by molar-refractivity contribution is 0.0652. The Hall–Kier alpha value is -1.88. The van der Waals surface area contributed by atoms with E-state index in [2.05, 4.69) is 5.10 Å². The monoisotopic (exact) mass is 347 g/mol. The van der Waals surface area contributed by atoms with Gasteiger partial charge < -0.3 is 4.90 Å². The highest BCUT2D eigenvalue weighted by Gasteiger charge is 2.42. The molecule has 0 aliphatic heterocycles. The number of amides is 1. The topological polar surface area (TPSA) is 38.1 Å². The summed E-state index contributed by atoms with van der Waals surface area (Å²) < 4.78 is 15.5. The van der Waals surface area contributed by atoms with Gasteiger partial charge in [0.25, 0.3) is 5.91 Å². The van der Waals surface area contributed by atoms with E-state index in [-0.39, 0.29) is 23.6 Å². The predicted molar refractivity (Wildman–Crippen MR) is 89.6 cm³/mol. The fraction of sp³-hybridized carbons (Fsp3) is 0.444. The number of aryl methyl sites for hydroxylation is 3. The molecule has 1 aromatic heterocycles. The number of hydrogen-bond donors (Lipinski definition) is 0. The van der Waals surface area contributed by atoms with Gasteiger partial charge in [0.1, 0.15) is 5.56 Å². The molecule has 1 fully saturated rings. The van der Waals surface area contributed by atoms with Crippen molar-refractivity contribution < 1.29 is 9.18 Å². The van der Waals surface area contributed by atoms with E-state index in [0.29, 0.717) is 10.7 Å². The third kappa shape index (κ3) is 2.42. The number of nitrogens with zero attached hydrogens (tertiary/aromatic N) is 3. The maximum atomic E-state index is 14.4. The molecule has 1 amide bonds. The molecule has 4 nitrogen and oxygen atoms in total. The first kappa shape index (κ1) is 15.6. The van der Waals surface area contributed by atoms with E-state index in [1.807, 2.05) is 23.1 Å². The minimum absolute atomic E-state index is 0.00345. The highest BCUT2D eigenvalue weighted by atomic mass is 35.5. The van der Waals surface area contributed by atoms with E-state index in [1.54, 1.807) is 6.92 Å². The maximum absolute atomic E-state index is 14.4. The quantitative estimate of drug-likeness (QED) is 0.846.